The summed E-state index contributed by atoms with van der Waals surface area (Å²) in [4.78, 5) is 12.5. The number of hydrogen-bond acceptors (Lipinski definition) is 3. The van der Waals surface area contributed by atoms with Gasteiger partial charge in [-0.3, -0.25) is 4.79 Å². The minimum atomic E-state index is -0.0609. The number of hydrogen-bond donors (Lipinski definition) is 0. The van der Waals surface area contributed by atoms with Crippen LogP contribution in [-0.2, 0) is 0 Å². The van der Waals surface area contributed by atoms with E-state index >= 15 is 0 Å². The van der Waals surface area contributed by atoms with E-state index in [1.807, 2.05) is 24.3 Å². The number of ether oxygens (including phenoxy) is 2. The Labute approximate surface area is 139 Å². The van der Waals surface area contributed by atoms with E-state index in [2.05, 4.69) is 38.5 Å². The normalized spacial score (nSPS) is 10.2. The molecule has 0 aliphatic carbocycles. The fourth-order valence-electron chi connectivity index (χ4n) is 1.78. The molecular weight excluding hydrogens is 435 g/mol. The summed E-state index contributed by atoms with van der Waals surface area (Å²) in [6.07, 6.45) is 0. The number of benzene rings is 2. The second kappa shape index (κ2) is 6.58. The van der Waals surface area contributed by atoms with Crippen LogP contribution in [0.2, 0.25) is 0 Å². The Bertz CT molecular complexity index is 638. The zero-order valence-corrected chi connectivity index (χ0v) is 14.7. The molecule has 0 N–H and O–H groups in total. The Balaban J connectivity index is 2.46. The van der Waals surface area contributed by atoms with Crippen LogP contribution >= 0.6 is 38.5 Å². The molecule has 0 saturated heterocycles. The largest absolute Gasteiger partial charge is 0.493 e. The summed E-state index contributed by atoms with van der Waals surface area (Å²) < 4.78 is 12.2. The summed E-state index contributed by atoms with van der Waals surface area (Å²) in [5.74, 6) is 1.05. The van der Waals surface area contributed by atoms with Gasteiger partial charge >= 0.3 is 0 Å². The van der Waals surface area contributed by atoms with E-state index in [4.69, 9.17) is 9.47 Å². The van der Waals surface area contributed by atoms with Crippen molar-refractivity contribution in [2.75, 3.05) is 14.2 Å². The average Bonchev–Trinajstić information content (AvgIpc) is 2.47. The molecule has 20 heavy (non-hydrogen) atoms. The molecule has 5 heteroatoms. The van der Waals surface area contributed by atoms with Gasteiger partial charge in [-0.05, 0) is 74.9 Å². The van der Waals surface area contributed by atoms with Gasteiger partial charge < -0.3 is 9.47 Å². The third kappa shape index (κ3) is 3.15. The standard InChI is InChI=1S/C15H12BrIO3/c1-19-13-7-11(12(16)8-14(13)20-2)15(18)9-3-5-10(17)6-4-9/h3-8H,1-2H3. The maximum atomic E-state index is 12.5. The van der Waals surface area contributed by atoms with Gasteiger partial charge in [0.05, 0.1) is 14.2 Å². The van der Waals surface area contributed by atoms with Crippen LogP contribution in [0.15, 0.2) is 40.9 Å². The Kier molecular flexibility index (Phi) is 5.04. The van der Waals surface area contributed by atoms with Gasteiger partial charge in [0.2, 0.25) is 0 Å². The van der Waals surface area contributed by atoms with Crippen molar-refractivity contribution in [3.63, 3.8) is 0 Å². The van der Waals surface area contributed by atoms with Crippen molar-refractivity contribution in [3.05, 3.63) is 55.6 Å². The zero-order valence-electron chi connectivity index (χ0n) is 10.9. The first-order valence-electron chi connectivity index (χ1n) is 5.78. The maximum absolute atomic E-state index is 12.5. The monoisotopic (exact) mass is 446 g/mol. The molecule has 0 saturated carbocycles. The van der Waals surface area contributed by atoms with Crippen molar-refractivity contribution in [1.29, 1.82) is 0 Å². The average molecular weight is 447 g/mol. The first-order chi connectivity index (χ1) is 9.56. The van der Waals surface area contributed by atoms with E-state index in [1.54, 1.807) is 26.4 Å². The maximum Gasteiger partial charge on any atom is 0.194 e. The van der Waals surface area contributed by atoms with Gasteiger partial charge in [-0.2, -0.15) is 0 Å². The summed E-state index contributed by atoms with van der Waals surface area (Å²) >= 11 is 5.61. The highest BCUT2D eigenvalue weighted by molar-refractivity contribution is 14.1. The smallest absolute Gasteiger partial charge is 0.194 e. The van der Waals surface area contributed by atoms with Crippen LogP contribution in [0.3, 0.4) is 0 Å². The highest BCUT2D eigenvalue weighted by atomic mass is 127. The van der Waals surface area contributed by atoms with Crippen molar-refractivity contribution >= 4 is 44.3 Å². The minimum absolute atomic E-state index is 0.0609. The fraction of sp³-hybridized carbons (Fsp3) is 0.133. The van der Waals surface area contributed by atoms with E-state index in [-0.39, 0.29) is 5.78 Å². The zero-order chi connectivity index (χ0) is 14.7. The summed E-state index contributed by atoms with van der Waals surface area (Å²) in [5.41, 5.74) is 1.18. The highest BCUT2D eigenvalue weighted by Crippen LogP contribution is 2.34. The number of carbonyl (C=O) groups excluding carboxylic acids is 1. The minimum Gasteiger partial charge on any atom is -0.493 e. The molecule has 0 bridgehead atoms. The third-order valence-electron chi connectivity index (χ3n) is 2.82. The molecule has 0 aromatic heterocycles. The quantitative estimate of drug-likeness (QED) is 0.518. The van der Waals surface area contributed by atoms with E-state index in [0.717, 1.165) is 3.57 Å². The van der Waals surface area contributed by atoms with Crippen LogP contribution in [0, 0.1) is 3.57 Å². The van der Waals surface area contributed by atoms with Crippen LogP contribution < -0.4 is 9.47 Å². The van der Waals surface area contributed by atoms with E-state index in [1.165, 1.54) is 0 Å². The number of halogens is 2. The lowest BCUT2D eigenvalue weighted by Crippen LogP contribution is -2.04. The molecule has 0 radical (unpaired) electrons. The first kappa shape index (κ1) is 15.3. The SMILES string of the molecule is COc1cc(Br)c(C(=O)c2ccc(I)cc2)cc1OC. The van der Waals surface area contributed by atoms with Gasteiger partial charge in [-0.1, -0.05) is 0 Å². The summed E-state index contributed by atoms with van der Waals surface area (Å²) in [7, 11) is 3.11. The van der Waals surface area contributed by atoms with Gasteiger partial charge in [0.25, 0.3) is 0 Å². The lowest BCUT2D eigenvalue weighted by molar-refractivity contribution is 0.103. The molecule has 0 fully saturated rings. The van der Waals surface area contributed by atoms with Crippen LogP contribution in [0.25, 0.3) is 0 Å². The Hall–Kier alpha value is -1.08. The van der Waals surface area contributed by atoms with Crippen molar-refractivity contribution < 1.29 is 14.3 Å². The van der Waals surface area contributed by atoms with Crippen molar-refractivity contribution in [1.82, 2.24) is 0 Å². The fourth-order valence-corrected chi connectivity index (χ4v) is 2.65. The molecule has 2 aromatic rings. The Morgan fingerprint density at radius 1 is 1.05 bits per heavy atom. The first-order valence-corrected chi connectivity index (χ1v) is 7.65. The molecule has 0 unspecified atom stereocenters. The summed E-state index contributed by atoms with van der Waals surface area (Å²) in [6, 6.07) is 10.9. The van der Waals surface area contributed by atoms with Gasteiger partial charge in [0.1, 0.15) is 0 Å². The number of methoxy groups -OCH3 is 2. The molecular formula is C15H12BrIO3. The number of ketones is 1. The van der Waals surface area contributed by atoms with Gasteiger partial charge in [-0.25, -0.2) is 0 Å². The van der Waals surface area contributed by atoms with Gasteiger partial charge in [0.15, 0.2) is 17.3 Å². The van der Waals surface area contributed by atoms with Crippen molar-refractivity contribution in [2.45, 2.75) is 0 Å². The molecule has 104 valence electrons. The van der Waals surface area contributed by atoms with Crippen molar-refractivity contribution in [3.8, 4) is 11.5 Å². The van der Waals surface area contributed by atoms with E-state index in [0.29, 0.717) is 27.1 Å². The van der Waals surface area contributed by atoms with Crippen LogP contribution in [0.1, 0.15) is 15.9 Å². The predicted molar refractivity (Wildman–Crippen MR) is 89.8 cm³/mol. The number of carbonyl (C=O) groups is 1. The van der Waals surface area contributed by atoms with Crippen molar-refractivity contribution in [2.24, 2.45) is 0 Å². The molecule has 0 atom stereocenters. The molecule has 0 spiro atoms. The summed E-state index contributed by atoms with van der Waals surface area (Å²) in [5, 5.41) is 0. The highest BCUT2D eigenvalue weighted by Gasteiger charge is 2.16. The van der Waals surface area contributed by atoms with E-state index < -0.39 is 0 Å². The Morgan fingerprint density at radius 3 is 2.15 bits per heavy atom. The molecule has 0 aliphatic heterocycles. The summed E-state index contributed by atoms with van der Waals surface area (Å²) in [6.45, 7) is 0. The molecule has 0 amide bonds. The van der Waals surface area contributed by atoms with E-state index in [9.17, 15) is 4.79 Å². The van der Waals surface area contributed by atoms with Crippen LogP contribution in [0.4, 0.5) is 0 Å². The van der Waals surface area contributed by atoms with Gasteiger partial charge in [0, 0.05) is 19.2 Å². The molecule has 0 aliphatic rings. The molecule has 2 rings (SSSR count). The van der Waals surface area contributed by atoms with Crippen LogP contribution in [0.5, 0.6) is 11.5 Å². The second-order valence-corrected chi connectivity index (χ2v) is 6.12. The number of rotatable bonds is 4. The second-order valence-electron chi connectivity index (χ2n) is 4.02. The topological polar surface area (TPSA) is 35.5 Å². The predicted octanol–water partition coefficient (Wildman–Crippen LogP) is 4.30. The molecule has 3 nitrogen and oxygen atoms in total. The van der Waals surface area contributed by atoms with Gasteiger partial charge in [-0.15, -0.1) is 0 Å². The Morgan fingerprint density at radius 2 is 1.60 bits per heavy atom. The molecule has 2 aromatic carbocycles. The van der Waals surface area contributed by atoms with Crippen LogP contribution in [-0.4, -0.2) is 20.0 Å². The third-order valence-corrected chi connectivity index (χ3v) is 4.20. The lowest BCUT2D eigenvalue weighted by atomic mass is 10.0. The molecule has 0 heterocycles. The lowest BCUT2D eigenvalue weighted by Gasteiger charge is -2.11.